The van der Waals surface area contributed by atoms with Crippen LogP contribution in [0.4, 0.5) is 5.69 Å². The molecule has 3 nitrogen and oxygen atoms in total. The van der Waals surface area contributed by atoms with E-state index in [1.807, 2.05) is 12.4 Å². The van der Waals surface area contributed by atoms with E-state index in [-0.39, 0.29) is 0 Å². The van der Waals surface area contributed by atoms with E-state index in [1.54, 1.807) is 0 Å². The molecule has 0 aliphatic carbocycles. The highest BCUT2D eigenvalue weighted by atomic mass is 79.9. The highest BCUT2D eigenvalue weighted by molar-refractivity contribution is 9.10. The lowest BCUT2D eigenvalue weighted by Gasteiger charge is -2.43. The topological polar surface area (TPSA) is 19.4 Å². The van der Waals surface area contributed by atoms with Gasteiger partial charge in [-0.15, -0.1) is 0 Å². The van der Waals surface area contributed by atoms with Crippen molar-refractivity contribution in [1.29, 1.82) is 0 Å². The Hall–Kier alpha value is -0.610. The van der Waals surface area contributed by atoms with Gasteiger partial charge in [0, 0.05) is 37.6 Å². The minimum atomic E-state index is 0.587. The maximum atomic E-state index is 4.11. The molecule has 1 aromatic heterocycles. The molecule has 0 saturated carbocycles. The first-order valence-corrected chi connectivity index (χ1v) is 6.45. The number of hydrogen-bond acceptors (Lipinski definition) is 3. The standard InChI is InChI=1S/C12H18BrN3/c1-9-7-16(8-10(2)15(9)3)12-4-5-14-6-11(12)13/h4-6,9-10H,7-8H2,1-3H3. The van der Waals surface area contributed by atoms with Crippen molar-refractivity contribution < 1.29 is 0 Å². The van der Waals surface area contributed by atoms with E-state index < -0.39 is 0 Å². The van der Waals surface area contributed by atoms with Gasteiger partial charge in [-0.25, -0.2) is 0 Å². The fourth-order valence-electron chi connectivity index (χ4n) is 2.23. The summed E-state index contributed by atoms with van der Waals surface area (Å²) in [6.07, 6.45) is 3.72. The average Bonchev–Trinajstić information content (AvgIpc) is 2.26. The second-order valence-corrected chi connectivity index (χ2v) is 5.45. The second kappa shape index (κ2) is 4.72. The summed E-state index contributed by atoms with van der Waals surface area (Å²) in [7, 11) is 2.20. The molecule has 1 fully saturated rings. The maximum absolute atomic E-state index is 4.11. The Morgan fingerprint density at radius 1 is 1.31 bits per heavy atom. The smallest absolute Gasteiger partial charge is 0.0592 e. The molecule has 2 unspecified atom stereocenters. The normalized spacial score (nSPS) is 27.1. The van der Waals surface area contributed by atoms with Crippen LogP contribution in [0.1, 0.15) is 13.8 Å². The molecule has 0 spiro atoms. The summed E-state index contributed by atoms with van der Waals surface area (Å²) in [6, 6.07) is 3.25. The molecule has 0 amide bonds. The van der Waals surface area contributed by atoms with E-state index in [9.17, 15) is 0 Å². The lowest BCUT2D eigenvalue weighted by atomic mass is 10.1. The molecule has 0 N–H and O–H groups in total. The van der Waals surface area contributed by atoms with Gasteiger partial charge in [-0.05, 0) is 42.9 Å². The molecule has 4 heteroatoms. The molecule has 1 aromatic rings. The number of likely N-dealkylation sites (N-methyl/N-ethyl adjacent to an activating group) is 1. The van der Waals surface area contributed by atoms with Gasteiger partial charge in [0.2, 0.25) is 0 Å². The molecule has 0 bridgehead atoms. The molecule has 16 heavy (non-hydrogen) atoms. The van der Waals surface area contributed by atoms with Crippen molar-refractivity contribution in [2.75, 3.05) is 25.0 Å². The molecule has 88 valence electrons. The predicted octanol–water partition coefficient (Wildman–Crippen LogP) is 2.37. The summed E-state index contributed by atoms with van der Waals surface area (Å²) < 4.78 is 1.08. The van der Waals surface area contributed by atoms with E-state index >= 15 is 0 Å². The summed E-state index contributed by atoms with van der Waals surface area (Å²) in [5.41, 5.74) is 1.25. The van der Waals surface area contributed by atoms with Crippen molar-refractivity contribution in [2.24, 2.45) is 0 Å². The largest absolute Gasteiger partial charge is 0.367 e. The van der Waals surface area contributed by atoms with E-state index in [4.69, 9.17) is 0 Å². The summed E-state index contributed by atoms with van der Waals surface area (Å²) in [4.78, 5) is 8.98. The van der Waals surface area contributed by atoms with Crippen LogP contribution in [0.2, 0.25) is 0 Å². The van der Waals surface area contributed by atoms with Gasteiger partial charge in [-0.2, -0.15) is 0 Å². The fraction of sp³-hybridized carbons (Fsp3) is 0.583. The van der Waals surface area contributed by atoms with Crippen molar-refractivity contribution in [3.05, 3.63) is 22.9 Å². The minimum Gasteiger partial charge on any atom is -0.367 e. The molecule has 2 heterocycles. The minimum absolute atomic E-state index is 0.587. The molecular formula is C12H18BrN3. The number of hydrogen-bond donors (Lipinski definition) is 0. The van der Waals surface area contributed by atoms with E-state index in [1.165, 1.54) is 5.69 Å². The van der Waals surface area contributed by atoms with Gasteiger partial charge < -0.3 is 4.90 Å². The van der Waals surface area contributed by atoms with Crippen LogP contribution in [0.25, 0.3) is 0 Å². The van der Waals surface area contributed by atoms with Gasteiger partial charge in [0.05, 0.1) is 10.2 Å². The van der Waals surface area contributed by atoms with Gasteiger partial charge in [-0.3, -0.25) is 9.88 Å². The van der Waals surface area contributed by atoms with Crippen molar-refractivity contribution in [1.82, 2.24) is 9.88 Å². The Bertz CT molecular complexity index is 357. The van der Waals surface area contributed by atoms with Crippen LogP contribution in [0.3, 0.4) is 0 Å². The Morgan fingerprint density at radius 2 is 1.94 bits per heavy atom. The number of anilines is 1. The van der Waals surface area contributed by atoms with Crippen LogP contribution in [0.15, 0.2) is 22.9 Å². The average molecular weight is 284 g/mol. The highest BCUT2D eigenvalue weighted by Crippen LogP contribution is 2.27. The zero-order valence-corrected chi connectivity index (χ0v) is 11.6. The summed E-state index contributed by atoms with van der Waals surface area (Å²) in [5, 5.41) is 0. The highest BCUT2D eigenvalue weighted by Gasteiger charge is 2.27. The SMILES string of the molecule is CC1CN(c2ccncc2Br)CC(C)N1C. The Balaban J connectivity index is 2.20. The Morgan fingerprint density at radius 3 is 2.50 bits per heavy atom. The van der Waals surface area contributed by atoms with Gasteiger partial charge in [0.25, 0.3) is 0 Å². The van der Waals surface area contributed by atoms with E-state index in [2.05, 4.69) is 57.7 Å². The first-order valence-electron chi connectivity index (χ1n) is 5.66. The molecule has 0 aromatic carbocycles. The predicted molar refractivity (Wildman–Crippen MR) is 70.8 cm³/mol. The number of nitrogens with zero attached hydrogens (tertiary/aromatic N) is 3. The fourth-order valence-corrected chi connectivity index (χ4v) is 2.73. The molecular weight excluding hydrogens is 266 g/mol. The van der Waals surface area contributed by atoms with Crippen LogP contribution in [-0.4, -0.2) is 42.1 Å². The summed E-state index contributed by atoms with van der Waals surface area (Å²) >= 11 is 3.57. The van der Waals surface area contributed by atoms with Gasteiger partial charge in [0.15, 0.2) is 0 Å². The lowest BCUT2D eigenvalue weighted by molar-refractivity contribution is 0.170. The van der Waals surface area contributed by atoms with Crippen molar-refractivity contribution in [3.8, 4) is 0 Å². The third kappa shape index (κ3) is 2.23. The van der Waals surface area contributed by atoms with Crippen molar-refractivity contribution in [3.63, 3.8) is 0 Å². The van der Waals surface area contributed by atoms with Gasteiger partial charge >= 0.3 is 0 Å². The van der Waals surface area contributed by atoms with Crippen molar-refractivity contribution in [2.45, 2.75) is 25.9 Å². The Kier molecular flexibility index (Phi) is 3.50. The zero-order valence-electron chi connectivity index (χ0n) is 10.0. The van der Waals surface area contributed by atoms with Gasteiger partial charge in [-0.1, -0.05) is 0 Å². The third-order valence-corrected chi connectivity index (χ3v) is 4.06. The van der Waals surface area contributed by atoms with Crippen LogP contribution >= 0.6 is 15.9 Å². The number of piperazine rings is 1. The lowest BCUT2D eigenvalue weighted by Crippen LogP contribution is -2.55. The van der Waals surface area contributed by atoms with Crippen LogP contribution in [0, 0.1) is 0 Å². The monoisotopic (exact) mass is 283 g/mol. The van der Waals surface area contributed by atoms with E-state index in [0.717, 1.165) is 17.6 Å². The van der Waals surface area contributed by atoms with Crippen LogP contribution in [0.5, 0.6) is 0 Å². The molecule has 0 radical (unpaired) electrons. The van der Waals surface area contributed by atoms with Gasteiger partial charge in [0.1, 0.15) is 0 Å². The molecule has 2 atom stereocenters. The number of pyridine rings is 1. The molecule has 1 aliphatic heterocycles. The van der Waals surface area contributed by atoms with Crippen molar-refractivity contribution >= 4 is 21.6 Å². The maximum Gasteiger partial charge on any atom is 0.0592 e. The number of aromatic nitrogens is 1. The number of rotatable bonds is 1. The second-order valence-electron chi connectivity index (χ2n) is 4.60. The first-order chi connectivity index (χ1) is 7.59. The molecule has 2 rings (SSSR count). The Labute approximate surface area is 106 Å². The zero-order chi connectivity index (χ0) is 11.7. The summed E-state index contributed by atoms with van der Waals surface area (Å²) in [5.74, 6) is 0. The third-order valence-electron chi connectivity index (χ3n) is 3.45. The first kappa shape index (κ1) is 11.9. The molecule has 1 aliphatic rings. The number of halogens is 1. The summed E-state index contributed by atoms with van der Waals surface area (Å²) in [6.45, 7) is 6.70. The van der Waals surface area contributed by atoms with Crippen LogP contribution in [-0.2, 0) is 0 Å². The quantitative estimate of drug-likeness (QED) is 0.789. The van der Waals surface area contributed by atoms with Crippen LogP contribution < -0.4 is 4.90 Å². The van der Waals surface area contributed by atoms with E-state index in [0.29, 0.717) is 12.1 Å². The molecule has 1 saturated heterocycles.